The highest BCUT2D eigenvalue weighted by molar-refractivity contribution is 7.15. The van der Waals surface area contributed by atoms with E-state index in [1.807, 2.05) is 25.1 Å². The molecule has 1 aliphatic carbocycles. The molecule has 2 fully saturated rings. The molecule has 8 heteroatoms. The Morgan fingerprint density at radius 1 is 1.22 bits per heavy atom. The molecule has 1 aromatic heterocycles. The number of hydrogen-bond acceptors (Lipinski definition) is 6. The van der Waals surface area contributed by atoms with Crippen molar-refractivity contribution in [1.29, 1.82) is 0 Å². The molecule has 4 rings (SSSR count). The minimum atomic E-state index is -0.128. The molecule has 0 spiro atoms. The Labute approximate surface area is 169 Å². The van der Waals surface area contributed by atoms with E-state index in [2.05, 4.69) is 27.8 Å². The van der Waals surface area contributed by atoms with Crippen LogP contribution in [0.1, 0.15) is 51.7 Å². The second kappa shape index (κ2) is 8.65. The van der Waals surface area contributed by atoms with Crippen molar-refractivity contribution in [2.45, 2.75) is 51.1 Å². The highest BCUT2D eigenvalue weighted by Gasteiger charge is 2.40. The average molecular weight is 409 g/mol. The van der Waals surface area contributed by atoms with Crippen LogP contribution in [0.2, 0.25) is 0 Å². The van der Waals surface area contributed by atoms with Gasteiger partial charge in [-0.2, -0.15) is 0 Å². The van der Waals surface area contributed by atoms with Gasteiger partial charge in [-0.05, 0) is 56.4 Å². The third kappa shape index (κ3) is 4.85. The van der Waals surface area contributed by atoms with Gasteiger partial charge in [-0.3, -0.25) is 10.1 Å². The Bertz CT molecular complexity index is 807. The third-order valence-electron chi connectivity index (χ3n) is 5.15. The molecule has 1 aliphatic heterocycles. The lowest BCUT2D eigenvalue weighted by Gasteiger charge is -2.23. The molecule has 1 saturated carbocycles. The largest absolute Gasteiger partial charge is 0.381 e. The maximum atomic E-state index is 12.5. The minimum absolute atomic E-state index is 0. The fraction of sp³-hybridized carbons (Fsp3) is 0.526. The molecule has 2 heterocycles. The molecule has 2 N–H and O–H groups in total. The standard InChI is InChI=1S/C19H24N4O2S.ClH/c1-11-3-4-13(18(24)21-19-23-22-12(2)26-19)9-15(11)16-10-17(16)20-14-5-7-25-8-6-14;/h3-4,9,14,16-17,20H,5-8,10H2,1-2H3,(H,21,23,24);1H/t16-,17+;/m0./s1. The number of halogens is 1. The lowest BCUT2D eigenvalue weighted by molar-refractivity contribution is 0.0774. The van der Waals surface area contributed by atoms with Gasteiger partial charge in [0.05, 0.1) is 0 Å². The van der Waals surface area contributed by atoms with E-state index >= 15 is 0 Å². The van der Waals surface area contributed by atoms with Crippen LogP contribution in [-0.2, 0) is 4.74 Å². The van der Waals surface area contributed by atoms with Gasteiger partial charge >= 0.3 is 0 Å². The molecule has 2 aromatic rings. The zero-order valence-corrected chi connectivity index (χ0v) is 17.2. The van der Waals surface area contributed by atoms with Gasteiger partial charge < -0.3 is 10.1 Å². The number of hydrogen-bond donors (Lipinski definition) is 2. The van der Waals surface area contributed by atoms with Gasteiger partial charge in [-0.25, -0.2) is 0 Å². The molecule has 2 aliphatic rings. The third-order valence-corrected chi connectivity index (χ3v) is 5.90. The van der Waals surface area contributed by atoms with Gasteiger partial charge in [0.15, 0.2) is 0 Å². The Morgan fingerprint density at radius 2 is 2.00 bits per heavy atom. The first-order valence-corrected chi connectivity index (χ1v) is 9.97. The average Bonchev–Trinajstić information content (AvgIpc) is 3.27. The van der Waals surface area contributed by atoms with Gasteiger partial charge in [0.25, 0.3) is 5.91 Å². The number of carbonyl (C=O) groups excluding carboxylic acids is 1. The molecule has 27 heavy (non-hydrogen) atoms. The minimum Gasteiger partial charge on any atom is -0.381 e. The van der Waals surface area contributed by atoms with Gasteiger partial charge in [0, 0.05) is 36.8 Å². The van der Waals surface area contributed by atoms with Crippen molar-refractivity contribution in [2.24, 2.45) is 0 Å². The normalized spacial score (nSPS) is 22.1. The van der Waals surface area contributed by atoms with Crippen LogP contribution in [0.3, 0.4) is 0 Å². The van der Waals surface area contributed by atoms with Crippen molar-refractivity contribution in [3.63, 3.8) is 0 Å². The smallest absolute Gasteiger partial charge is 0.257 e. The summed E-state index contributed by atoms with van der Waals surface area (Å²) in [5.41, 5.74) is 3.19. The summed E-state index contributed by atoms with van der Waals surface area (Å²) in [7, 11) is 0. The van der Waals surface area contributed by atoms with Crippen LogP contribution < -0.4 is 10.6 Å². The van der Waals surface area contributed by atoms with Crippen molar-refractivity contribution in [3.05, 3.63) is 39.9 Å². The van der Waals surface area contributed by atoms with E-state index in [9.17, 15) is 4.79 Å². The number of nitrogens with one attached hydrogen (secondary N) is 2. The van der Waals surface area contributed by atoms with Gasteiger partial charge in [0.1, 0.15) is 5.01 Å². The lowest BCUT2D eigenvalue weighted by atomic mass is 10.00. The van der Waals surface area contributed by atoms with E-state index in [0.29, 0.717) is 28.7 Å². The molecule has 146 valence electrons. The van der Waals surface area contributed by atoms with Gasteiger partial charge in [-0.15, -0.1) is 22.6 Å². The topological polar surface area (TPSA) is 76.1 Å². The second-order valence-electron chi connectivity index (χ2n) is 7.15. The quantitative estimate of drug-likeness (QED) is 0.792. The molecule has 0 radical (unpaired) electrons. The first kappa shape index (κ1) is 20.2. The number of benzene rings is 1. The number of carbonyl (C=O) groups is 1. The van der Waals surface area contributed by atoms with Crippen LogP contribution in [0.4, 0.5) is 5.13 Å². The maximum absolute atomic E-state index is 12.5. The molecule has 2 atom stereocenters. The number of rotatable bonds is 5. The van der Waals surface area contributed by atoms with Crippen molar-refractivity contribution in [1.82, 2.24) is 15.5 Å². The van der Waals surface area contributed by atoms with E-state index in [0.717, 1.165) is 37.5 Å². The highest BCUT2D eigenvalue weighted by atomic mass is 35.5. The zero-order chi connectivity index (χ0) is 18.1. The Hall–Kier alpha value is -1.54. The van der Waals surface area contributed by atoms with E-state index < -0.39 is 0 Å². The number of nitrogens with zero attached hydrogens (tertiary/aromatic N) is 2. The fourth-order valence-corrected chi connectivity index (χ4v) is 4.17. The van der Waals surface area contributed by atoms with Gasteiger partial charge in [0.2, 0.25) is 5.13 Å². The molecular weight excluding hydrogens is 384 g/mol. The number of anilines is 1. The van der Waals surface area contributed by atoms with Crippen LogP contribution >= 0.6 is 23.7 Å². The number of amides is 1. The maximum Gasteiger partial charge on any atom is 0.257 e. The molecule has 0 bridgehead atoms. The fourth-order valence-electron chi connectivity index (χ4n) is 3.59. The lowest BCUT2D eigenvalue weighted by Crippen LogP contribution is -2.36. The molecule has 6 nitrogen and oxygen atoms in total. The first-order chi connectivity index (χ1) is 12.6. The number of aryl methyl sites for hydroxylation is 2. The Kier molecular flexibility index (Phi) is 6.47. The van der Waals surface area contributed by atoms with E-state index in [4.69, 9.17) is 4.74 Å². The van der Waals surface area contributed by atoms with Crippen molar-refractivity contribution in [3.8, 4) is 0 Å². The van der Waals surface area contributed by atoms with Gasteiger partial charge in [-0.1, -0.05) is 17.4 Å². The van der Waals surface area contributed by atoms with Crippen LogP contribution in [0.5, 0.6) is 0 Å². The Balaban J connectivity index is 0.00000210. The molecule has 1 saturated heterocycles. The monoisotopic (exact) mass is 408 g/mol. The summed E-state index contributed by atoms with van der Waals surface area (Å²) in [6.45, 7) is 5.70. The molecule has 0 unspecified atom stereocenters. The zero-order valence-electron chi connectivity index (χ0n) is 15.5. The summed E-state index contributed by atoms with van der Waals surface area (Å²) in [6, 6.07) is 7.03. The summed E-state index contributed by atoms with van der Waals surface area (Å²) in [5.74, 6) is 0.367. The van der Waals surface area contributed by atoms with Crippen LogP contribution in [-0.4, -0.2) is 41.4 Å². The molecule has 1 aromatic carbocycles. The van der Waals surface area contributed by atoms with Crippen LogP contribution in [0.15, 0.2) is 18.2 Å². The highest BCUT2D eigenvalue weighted by Crippen LogP contribution is 2.43. The predicted molar refractivity (Wildman–Crippen MR) is 109 cm³/mol. The van der Waals surface area contributed by atoms with Crippen LogP contribution in [0.25, 0.3) is 0 Å². The van der Waals surface area contributed by atoms with E-state index in [-0.39, 0.29) is 18.3 Å². The Morgan fingerprint density at radius 3 is 2.70 bits per heavy atom. The summed E-state index contributed by atoms with van der Waals surface area (Å²) in [6.07, 6.45) is 3.32. The van der Waals surface area contributed by atoms with E-state index in [1.54, 1.807) is 0 Å². The number of aromatic nitrogens is 2. The summed E-state index contributed by atoms with van der Waals surface area (Å²) < 4.78 is 5.43. The van der Waals surface area contributed by atoms with Crippen LogP contribution in [0, 0.1) is 13.8 Å². The molecule has 1 amide bonds. The SMILES string of the molecule is Cc1nnc(NC(=O)c2ccc(C)c([C@@H]3C[C@H]3NC3CCOCC3)c2)s1.Cl. The molecular formula is C19H25ClN4O2S. The predicted octanol–water partition coefficient (Wildman–Crippen LogP) is 3.45. The summed E-state index contributed by atoms with van der Waals surface area (Å²) in [5, 5.41) is 15.9. The summed E-state index contributed by atoms with van der Waals surface area (Å²) in [4.78, 5) is 12.5. The van der Waals surface area contributed by atoms with Crippen molar-refractivity contribution in [2.75, 3.05) is 18.5 Å². The van der Waals surface area contributed by atoms with Crippen molar-refractivity contribution >= 4 is 34.8 Å². The van der Waals surface area contributed by atoms with E-state index in [1.165, 1.54) is 22.5 Å². The second-order valence-corrected chi connectivity index (χ2v) is 8.34. The first-order valence-electron chi connectivity index (χ1n) is 9.16. The number of ether oxygens (including phenoxy) is 1. The van der Waals surface area contributed by atoms with Crippen molar-refractivity contribution < 1.29 is 9.53 Å². The summed E-state index contributed by atoms with van der Waals surface area (Å²) >= 11 is 1.38.